The molecular weight excluding hydrogens is 313 g/mol. The monoisotopic (exact) mass is 329 g/mol. The van der Waals surface area contributed by atoms with Crippen molar-refractivity contribution in [3.05, 3.63) is 28.0 Å². The summed E-state index contributed by atoms with van der Waals surface area (Å²) in [5, 5.41) is 3.97. The lowest BCUT2D eigenvalue weighted by Gasteiger charge is -2.34. The first-order chi connectivity index (χ1) is 10.1. The number of carbonyl (C=O) groups is 1. The molecule has 1 saturated heterocycles. The van der Waals surface area contributed by atoms with Crippen molar-refractivity contribution in [3.8, 4) is 0 Å². The smallest absolute Gasteiger partial charge is 0.239 e. The molecule has 1 unspecified atom stereocenters. The molecule has 0 spiro atoms. The van der Waals surface area contributed by atoms with Gasteiger partial charge in [-0.1, -0.05) is 23.2 Å². The molecule has 0 radical (unpaired) electrons. The topological polar surface area (TPSA) is 54.5 Å². The number of nitrogens with zero attached hydrogens (tertiary/aromatic N) is 2. The van der Waals surface area contributed by atoms with Gasteiger partial charge in [-0.25, -0.2) is 4.98 Å². The second-order valence-corrected chi connectivity index (χ2v) is 6.24. The number of morpholine rings is 1. The van der Waals surface area contributed by atoms with E-state index in [1.807, 2.05) is 0 Å². The molecule has 0 bridgehead atoms. The summed E-state index contributed by atoms with van der Waals surface area (Å²) in [4.78, 5) is 18.4. The number of rotatable bonds is 4. The fourth-order valence-electron chi connectivity index (χ4n) is 2.36. The van der Waals surface area contributed by atoms with Crippen molar-refractivity contribution in [2.75, 3.05) is 19.8 Å². The standard InChI is InChI=1S/C14H17Cl2N3O2/c15-11-5-13(16)17-6-9(11)7-19-3-4-21-8-12(19)14(20)18-10-1-2-10/h5-6,10,12H,1-4,7-8H2,(H,18,20). The molecule has 21 heavy (non-hydrogen) atoms. The van der Waals surface area contributed by atoms with Crippen LogP contribution in [0.5, 0.6) is 0 Å². The Hall–Kier alpha value is -0.880. The summed E-state index contributed by atoms with van der Waals surface area (Å²) in [5.41, 5.74) is 0.868. The number of nitrogens with one attached hydrogen (secondary N) is 1. The highest BCUT2D eigenvalue weighted by molar-refractivity contribution is 6.34. The van der Waals surface area contributed by atoms with Gasteiger partial charge in [0, 0.05) is 35.9 Å². The maximum atomic E-state index is 12.3. The molecule has 0 aromatic carbocycles. The highest BCUT2D eigenvalue weighted by atomic mass is 35.5. The van der Waals surface area contributed by atoms with Crippen molar-refractivity contribution < 1.29 is 9.53 Å². The van der Waals surface area contributed by atoms with E-state index in [4.69, 9.17) is 27.9 Å². The van der Waals surface area contributed by atoms with Crippen LogP contribution in [0.2, 0.25) is 10.2 Å². The third-order valence-corrected chi connectivity index (χ3v) is 4.29. The van der Waals surface area contributed by atoms with E-state index in [0.717, 1.165) is 18.4 Å². The van der Waals surface area contributed by atoms with Gasteiger partial charge < -0.3 is 10.1 Å². The summed E-state index contributed by atoms with van der Waals surface area (Å²) in [5.74, 6) is 0.0373. The highest BCUT2D eigenvalue weighted by Crippen LogP contribution is 2.23. The van der Waals surface area contributed by atoms with E-state index < -0.39 is 0 Å². The Balaban J connectivity index is 1.69. The zero-order chi connectivity index (χ0) is 14.8. The molecule has 1 atom stereocenters. The SMILES string of the molecule is O=C(NC1CC1)C1COCCN1Cc1cnc(Cl)cc1Cl. The number of carbonyl (C=O) groups excluding carboxylic acids is 1. The van der Waals surface area contributed by atoms with E-state index in [9.17, 15) is 4.79 Å². The summed E-state index contributed by atoms with van der Waals surface area (Å²) in [6, 6.07) is 1.70. The van der Waals surface area contributed by atoms with Crippen LogP contribution in [0.15, 0.2) is 12.3 Å². The summed E-state index contributed by atoms with van der Waals surface area (Å²) in [6.45, 7) is 2.29. The molecule has 7 heteroatoms. The molecule has 1 N–H and O–H groups in total. The van der Waals surface area contributed by atoms with Gasteiger partial charge in [0.25, 0.3) is 0 Å². The Kier molecular flexibility index (Phi) is 4.64. The quantitative estimate of drug-likeness (QED) is 0.857. The molecule has 114 valence electrons. The van der Waals surface area contributed by atoms with Crippen LogP contribution in [0, 0.1) is 0 Å². The lowest BCUT2D eigenvalue weighted by atomic mass is 10.1. The minimum atomic E-state index is -0.272. The Bertz CT molecular complexity index is 537. The molecule has 2 fully saturated rings. The molecule has 2 heterocycles. The third-order valence-electron chi connectivity index (χ3n) is 3.74. The fraction of sp³-hybridized carbons (Fsp3) is 0.571. The van der Waals surface area contributed by atoms with Crippen molar-refractivity contribution in [1.82, 2.24) is 15.2 Å². The first kappa shape index (κ1) is 15.0. The maximum Gasteiger partial charge on any atom is 0.239 e. The van der Waals surface area contributed by atoms with Crippen LogP contribution in [0.1, 0.15) is 18.4 Å². The van der Waals surface area contributed by atoms with E-state index in [1.54, 1.807) is 12.3 Å². The van der Waals surface area contributed by atoms with Gasteiger partial charge in [-0.2, -0.15) is 0 Å². The molecule has 1 saturated carbocycles. The number of amides is 1. The van der Waals surface area contributed by atoms with E-state index in [1.165, 1.54) is 0 Å². The normalized spacial score (nSPS) is 23.0. The van der Waals surface area contributed by atoms with Crippen molar-refractivity contribution in [1.29, 1.82) is 0 Å². The highest BCUT2D eigenvalue weighted by Gasteiger charge is 2.33. The van der Waals surface area contributed by atoms with E-state index in [0.29, 0.717) is 42.5 Å². The minimum absolute atomic E-state index is 0.0373. The molecular formula is C14H17Cl2N3O2. The van der Waals surface area contributed by atoms with Gasteiger partial charge in [-0.3, -0.25) is 9.69 Å². The number of hydrogen-bond donors (Lipinski definition) is 1. The van der Waals surface area contributed by atoms with Crippen LogP contribution in [0.25, 0.3) is 0 Å². The van der Waals surface area contributed by atoms with Gasteiger partial charge in [-0.05, 0) is 18.9 Å². The Morgan fingerprint density at radius 1 is 1.48 bits per heavy atom. The largest absolute Gasteiger partial charge is 0.378 e. The van der Waals surface area contributed by atoms with Crippen LogP contribution in [0.4, 0.5) is 0 Å². The first-order valence-corrected chi connectivity index (χ1v) is 7.81. The fourth-order valence-corrected chi connectivity index (χ4v) is 2.79. The van der Waals surface area contributed by atoms with Crippen LogP contribution in [-0.2, 0) is 16.1 Å². The Morgan fingerprint density at radius 3 is 3.00 bits per heavy atom. The maximum absolute atomic E-state index is 12.3. The zero-order valence-corrected chi connectivity index (χ0v) is 13.0. The predicted octanol–water partition coefficient (Wildman–Crippen LogP) is 1.87. The molecule has 5 nitrogen and oxygen atoms in total. The lowest BCUT2D eigenvalue weighted by molar-refractivity contribution is -0.133. The second-order valence-electron chi connectivity index (χ2n) is 5.44. The van der Waals surface area contributed by atoms with Crippen molar-refractivity contribution in [2.24, 2.45) is 0 Å². The van der Waals surface area contributed by atoms with Crippen LogP contribution >= 0.6 is 23.2 Å². The molecule has 1 aliphatic carbocycles. The van der Waals surface area contributed by atoms with Gasteiger partial charge in [0.1, 0.15) is 11.2 Å². The summed E-state index contributed by atoms with van der Waals surface area (Å²) < 4.78 is 5.45. The third kappa shape index (κ3) is 3.86. The van der Waals surface area contributed by atoms with Gasteiger partial charge in [-0.15, -0.1) is 0 Å². The van der Waals surface area contributed by atoms with Crippen LogP contribution in [-0.4, -0.2) is 47.6 Å². The van der Waals surface area contributed by atoms with Crippen molar-refractivity contribution in [3.63, 3.8) is 0 Å². The average Bonchev–Trinajstić information content (AvgIpc) is 3.26. The predicted molar refractivity (Wildman–Crippen MR) is 80.4 cm³/mol. The first-order valence-electron chi connectivity index (χ1n) is 7.05. The molecule has 1 aromatic rings. The van der Waals surface area contributed by atoms with Crippen LogP contribution < -0.4 is 5.32 Å². The summed E-state index contributed by atoms with van der Waals surface area (Å²) in [7, 11) is 0. The van der Waals surface area contributed by atoms with E-state index in [2.05, 4.69) is 15.2 Å². The van der Waals surface area contributed by atoms with Crippen molar-refractivity contribution >= 4 is 29.1 Å². The molecule has 1 aromatic heterocycles. The summed E-state index contributed by atoms with van der Waals surface area (Å²) >= 11 is 12.0. The number of pyridine rings is 1. The number of halogens is 2. The average molecular weight is 330 g/mol. The minimum Gasteiger partial charge on any atom is -0.378 e. The van der Waals surface area contributed by atoms with Gasteiger partial charge in [0.2, 0.25) is 5.91 Å². The van der Waals surface area contributed by atoms with Crippen molar-refractivity contribution in [2.45, 2.75) is 31.5 Å². The number of ether oxygens (including phenoxy) is 1. The van der Waals surface area contributed by atoms with E-state index >= 15 is 0 Å². The van der Waals surface area contributed by atoms with E-state index in [-0.39, 0.29) is 11.9 Å². The second kappa shape index (κ2) is 6.48. The lowest BCUT2D eigenvalue weighted by Crippen LogP contribution is -2.53. The van der Waals surface area contributed by atoms with Gasteiger partial charge >= 0.3 is 0 Å². The summed E-state index contributed by atoms with van der Waals surface area (Å²) in [6.07, 6.45) is 3.81. The number of hydrogen-bond acceptors (Lipinski definition) is 4. The Labute approximate surface area is 133 Å². The molecule has 3 rings (SSSR count). The van der Waals surface area contributed by atoms with Gasteiger partial charge in [0.05, 0.1) is 13.2 Å². The van der Waals surface area contributed by atoms with Crippen LogP contribution in [0.3, 0.4) is 0 Å². The molecule has 2 aliphatic rings. The zero-order valence-electron chi connectivity index (χ0n) is 11.5. The van der Waals surface area contributed by atoms with Gasteiger partial charge in [0.15, 0.2) is 0 Å². The molecule has 1 aliphatic heterocycles. The molecule has 1 amide bonds. The number of aromatic nitrogens is 1. The Morgan fingerprint density at radius 2 is 2.29 bits per heavy atom.